The van der Waals surface area contributed by atoms with Crippen molar-refractivity contribution >= 4 is 5.78 Å². The molecule has 3 atom stereocenters. The molecule has 1 unspecified atom stereocenters. The van der Waals surface area contributed by atoms with Crippen LogP contribution in [0.4, 0.5) is 0 Å². The van der Waals surface area contributed by atoms with Gasteiger partial charge in [0.25, 0.3) is 0 Å². The summed E-state index contributed by atoms with van der Waals surface area (Å²) in [6, 6.07) is 54.6. The van der Waals surface area contributed by atoms with E-state index in [1.807, 2.05) is 177 Å². The quantitative estimate of drug-likeness (QED) is 0.0934. The second kappa shape index (κ2) is 21.0. The number of carbonyl (C=O) groups is 1. The summed E-state index contributed by atoms with van der Waals surface area (Å²) in [6.07, 6.45) is 1.99. The van der Waals surface area contributed by atoms with Gasteiger partial charge in [0, 0.05) is 37.8 Å². The van der Waals surface area contributed by atoms with Crippen molar-refractivity contribution in [2.75, 3.05) is 26.2 Å². The lowest BCUT2D eigenvalue weighted by Gasteiger charge is -2.42. The van der Waals surface area contributed by atoms with Gasteiger partial charge in [0.05, 0.1) is 23.3 Å². The van der Waals surface area contributed by atoms with Gasteiger partial charge in [0.2, 0.25) is 0 Å². The zero-order valence-electron chi connectivity index (χ0n) is 35.9. The molecule has 2 aliphatic heterocycles. The maximum Gasteiger partial charge on any atom is 0.179 e. The summed E-state index contributed by atoms with van der Waals surface area (Å²) >= 11 is 0. The van der Waals surface area contributed by atoms with Gasteiger partial charge in [-0.05, 0) is 104 Å². The second-order valence-corrected chi connectivity index (χ2v) is 16.7. The molecular formula is C54H60N2O6. The molecular weight excluding hydrogens is 773 g/mol. The Labute approximate surface area is 367 Å². The van der Waals surface area contributed by atoms with E-state index < -0.39 is 17.3 Å². The van der Waals surface area contributed by atoms with Crippen LogP contribution in [0.2, 0.25) is 0 Å². The minimum absolute atomic E-state index is 0.0311. The Bertz CT molecular complexity index is 2240. The van der Waals surface area contributed by atoms with E-state index in [2.05, 4.69) is 16.7 Å². The minimum Gasteiger partial charge on any atom is -0.489 e. The number of benzene rings is 6. The molecule has 8 heteroatoms. The molecule has 0 bridgehead atoms. The largest absolute Gasteiger partial charge is 0.489 e. The number of carbonyl (C=O) groups excluding carboxylic acids is 1. The molecule has 8 nitrogen and oxygen atoms in total. The predicted octanol–water partition coefficient (Wildman–Crippen LogP) is 9.49. The molecule has 0 aliphatic carbocycles. The first-order valence-electron chi connectivity index (χ1n) is 21.9. The lowest BCUT2D eigenvalue weighted by Crippen LogP contribution is -2.48. The molecule has 62 heavy (non-hydrogen) atoms. The average molecular weight is 833 g/mol. The van der Waals surface area contributed by atoms with Gasteiger partial charge < -0.3 is 24.8 Å². The van der Waals surface area contributed by atoms with Crippen LogP contribution >= 0.6 is 0 Å². The van der Waals surface area contributed by atoms with Crippen LogP contribution in [0.25, 0.3) is 0 Å². The third kappa shape index (κ3) is 11.4. The molecule has 0 amide bonds. The van der Waals surface area contributed by atoms with Crippen molar-refractivity contribution in [1.82, 2.24) is 9.80 Å². The Morgan fingerprint density at radius 1 is 0.532 bits per heavy atom. The summed E-state index contributed by atoms with van der Waals surface area (Å²) in [7, 11) is 0. The number of likely N-dealkylation sites (tertiary alicyclic amines) is 2. The van der Waals surface area contributed by atoms with Crippen molar-refractivity contribution in [1.29, 1.82) is 0 Å². The van der Waals surface area contributed by atoms with Crippen molar-refractivity contribution in [2.45, 2.75) is 82.1 Å². The number of piperidine rings is 2. The molecule has 6 aromatic carbocycles. The van der Waals surface area contributed by atoms with E-state index in [0.29, 0.717) is 57.6 Å². The van der Waals surface area contributed by atoms with Crippen molar-refractivity contribution in [3.05, 3.63) is 203 Å². The van der Waals surface area contributed by atoms with Crippen LogP contribution in [0.15, 0.2) is 170 Å². The zero-order valence-corrected chi connectivity index (χ0v) is 35.9. The Morgan fingerprint density at radius 3 is 1.32 bits per heavy atom. The Kier molecular flexibility index (Phi) is 15.0. The summed E-state index contributed by atoms with van der Waals surface area (Å²) in [5.74, 6) is 1.64. The maximum atomic E-state index is 13.0. The predicted molar refractivity (Wildman–Crippen MR) is 245 cm³/mol. The van der Waals surface area contributed by atoms with Gasteiger partial charge in [-0.15, -0.1) is 0 Å². The highest BCUT2D eigenvalue weighted by molar-refractivity contribution is 6.00. The molecule has 8 rings (SSSR count). The molecule has 2 fully saturated rings. The highest BCUT2D eigenvalue weighted by atomic mass is 16.5. The van der Waals surface area contributed by atoms with Crippen molar-refractivity contribution in [3.8, 4) is 11.5 Å². The van der Waals surface area contributed by atoms with Crippen LogP contribution in [0, 0.1) is 0 Å². The van der Waals surface area contributed by atoms with Gasteiger partial charge in [-0.3, -0.25) is 14.6 Å². The molecule has 0 spiro atoms. The van der Waals surface area contributed by atoms with Crippen molar-refractivity contribution < 1.29 is 29.6 Å². The van der Waals surface area contributed by atoms with Gasteiger partial charge in [0.1, 0.15) is 24.7 Å². The maximum absolute atomic E-state index is 13.0. The Hall–Kier alpha value is -5.61. The first kappa shape index (κ1) is 44.4. The molecule has 2 heterocycles. The Balaban J connectivity index is 0.000000186. The summed E-state index contributed by atoms with van der Waals surface area (Å²) in [5, 5.41) is 33.0. The summed E-state index contributed by atoms with van der Waals surface area (Å²) in [6.45, 7) is 7.92. The van der Waals surface area contributed by atoms with Gasteiger partial charge in [-0.1, -0.05) is 133 Å². The fourth-order valence-corrected chi connectivity index (χ4v) is 8.50. The standard InChI is InChI=1S/C27H31NO3.C27H29NO3/c2*1-21(28-18-16-27(30,17-19-28)24-10-6-3-7-11-24)26(29)23-12-14-25(15-13-23)31-20-22-8-4-2-5-9-22/h2-15,21,26,29-30H,16-20H2,1H3;2-15,21,30H,16-20H2,1H3/t21-,26+;/m0./s1. The van der Waals surface area contributed by atoms with E-state index in [9.17, 15) is 20.1 Å². The number of ketones is 1. The number of aliphatic hydroxyl groups is 3. The molecule has 6 aromatic rings. The van der Waals surface area contributed by atoms with Crippen LogP contribution in [0.1, 0.15) is 83.8 Å². The van der Waals surface area contributed by atoms with Crippen LogP contribution < -0.4 is 9.47 Å². The monoisotopic (exact) mass is 832 g/mol. The van der Waals surface area contributed by atoms with Crippen LogP contribution in [-0.4, -0.2) is 69.2 Å². The lowest BCUT2D eigenvalue weighted by molar-refractivity contribution is -0.0501. The number of hydrogen-bond acceptors (Lipinski definition) is 8. The molecule has 3 N–H and O–H groups in total. The number of ether oxygens (including phenoxy) is 2. The molecule has 2 aliphatic rings. The summed E-state index contributed by atoms with van der Waals surface area (Å²) in [4.78, 5) is 17.5. The fourth-order valence-electron chi connectivity index (χ4n) is 8.50. The number of rotatable bonds is 14. The van der Waals surface area contributed by atoms with E-state index in [1.54, 1.807) is 0 Å². The first-order chi connectivity index (χ1) is 30.1. The smallest absolute Gasteiger partial charge is 0.179 e. The average Bonchev–Trinajstić information content (AvgIpc) is 3.34. The normalized spacial score (nSPS) is 17.7. The third-order valence-corrected chi connectivity index (χ3v) is 12.7. The SMILES string of the molecule is CC(C(=O)c1ccc(OCc2ccccc2)cc1)N1CCC(O)(c2ccccc2)CC1.C[C@@H]([C@@H](O)c1ccc(OCc2ccccc2)cc1)N1CCC(O)(c2ccccc2)CC1. The van der Waals surface area contributed by atoms with Gasteiger partial charge in [-0.2, -0.15) is 0 Å². The zero-order chi connectivity index (χ0) is 43.4. The summed E-state index contributed by atoms with van der Waals surface area (Å²) < 4.78 is 11.7. The molecule has 0 aromatic heterocycles. The van der Waals surface area contributed by atoms with Gasteiger partial charge in [-0.25, -0.2) is 0 Å². The lowest BCUT2D eigenvalue weighted by atomic mass is 9.83. The van der Waals surface area contributed by atoms with Crippen LogP contribution in [0.5, 0.6) is 11.5 Å². The number of aliphatic hydroxyl groups excluding tert-OH is 1. The first-order valence-corrected chi connectivity index (χ1v) is 21.9. The molecule has 0 radical (unpaired) electrons. The van der Waals surface area contributed by atoms with E-state index in [-0.39, 0.29) is 17.9 Å². The fraction of sp³-hybridized carbons (Fsp3) is 0.315. The minimum atomic E-state index is -0.807. The summed E-state index contributed by atoms with van der Waals surface area (Å²) in [5.41, 5.74) is 4.15. The molecule has 2 saturated heterocycles. The third-order valence-electron chi connectivity index (χ3n) is 12.7. The number of hydrogen-bond donors (Lipinski definition) is 3. The second-order valence-electron chi connectivity index (χ2n) is 16.7. The molecule has 0 saturated carbocycles. The number of Topliss-reactive ketones (excluding diaryl/α,β-unsaturated/α-hetero) is 1. The highest BCUT2D eigenvalue weighted by Crippen LogP contribution is 2.36. The topological polar surface area (TPSA) is 103 Å². The van der Waals surface area contributed by atoms with Gasteiger partial charge in [0.15, 0.2) is 5.78 Å². The van der Waals surface area contributed by atoms with E-state index >= 15 is 0 Å². The van der Waals surface area contributed by atoms with Crippen LogP contribution in [0.3, 0.4) is 0 Å². The van der Waals surface area contributed by atoms with Crippen LogP contribution in [-0.2, 0) is 24.4 Å². The Morgan fingerprint density at radius 2 is 0.903 bits per heavy atom. The number of nitrogens with zero attached hydrogens (tertiary/aromatic N) is 2. The van der Waals surface area contributed by atoms with Crippen molar-refractivity contribution in [2.24, 2.45) is 0 Å². The van der Waals surface area contributed by atoms with E-state index in [0.717, 1.165) is 52.4 Å². The van der Waals surface area contributed by atoms with E-state index in [4.69, 9.17) is 9.47 Å². The van der Waals surface area contributed by atoms with Gasteiger partial charge >= 0.3 is 0 Å². The molecule has 322 valence electrons. The highest BCUT2D eigenvalue weighted by Gasteiger charge is 2.38. The van der Waals surface area contributed by atoms with Crippen molar-refractivity contribution in [3.63, 3.8) is 0 Å². The van der Waals surface area contributed by atoms with E-state index in [1.165, 1.54) is 0 Å².